The van der Waals surface area contributed by atoms with Gasteiger partial charge in [0.25, 0.3) is 0 Å². The van der Waals surface area contributed by atoms with E-state index in [0.29, 0.717) is 17.9 Å². The second kappa shape index (κ2) is 8.45. The molecule has 0 aliphatic carbocycles. The first-order valence-electron chi connectivity index (χ1n) is 8.36. The Hall–Kier alpha value is -2.91. The van der Waals surface area contributed by atoms with Crippen LogP contribution < -0.4 is 4.74 Å². The van der Waals surface area contributed by atoms with Crippen molar-refractivity contribution in [1.82, 2.24) is 0 Å². The molecule has 0 spiro atoms. The summed E-state index contributed by atoms with van der Waals surface area (Å²) in [4.78, 5) is 12.2. The van der Waals surface area contributed by atoms with Gasteiger partial charge in [-0.3, -0.25) is 0 Å². The molecule has 134 valence electrons. The number of carbonyl (C=O) groups is 1. The summed E-state index contributed by atoms with van der Waals surface area (Å²) in [6.45, 7) is 0.985. The third-order valence-corrected chi connectivity index (χ3v) is 4.07. The van der Waals surface area contributed by atoms with E-state index in [1.807, 2.05) is 6.07 Å². The first kappa shape index (κ1) is 17.9. The van der Waals surface area contributed by atoms with Gasteiger partial charge in [-0.05, 0) is 43.2 Å². The number of rotatable bonds is 6. The first-order valence-corrected chi connectivity index (χ1v) is 8.36. The van der Waals surface area contributed by atoms with Crippen LogP contribution in [0.2, 0.25) is 0 Å². The number of halogens is 1. The van der Waals surface area contributed by atoms with Crippen LogP contribution in [0.1, 0.15) is 34.3 Å². The minimum absolute atomic E-state index is 0.0879. The van der Waals surface area contributed by atoms with E-state index >= 15 is 0 Å². The van der Waals surface area contributed by atoms with Crippen LogP contribution in [-0.4, -0.2) is 25.3 Å². The van der Waals surface area contributed by atoms with E-state index in [0.717, 1.165) is 25.5 Å². The van der Waals surface area contributed by atoms with Crippen LogP contribution in [0.15, 0.2) is 42.5 Å². The predicted molar refractivity (Wildman–Crippen MR) is 91.1 cm³/mol. The summed E-state index contributed by atoms with van der Waals surface area (Å²) in [7, 11) is 0. The maximum absolute atomic E-state index is 13.8. The second-order valence-corrected chi connectivity index (χ2v) is 5.97. The van der Waals surface area contributed by atoms with Crippen molar-refractivity contribution >= 4 is 5.97 Å². The Bertz CT molecular complexity index is 825. The SMILES string of the molecule is N#Cc1ccc(COC(=O)c2cccc(OC[C@H]3CCCO3)c2)c(F)c1. The highest BCUT2D eigenvalue weighted by Gasteiger charge is 2.16. The van der Waals surface area contributed by atoms with Gasteiger partial charge in [0, 0.05) is 12.2 Å². The van der Waals surface area contributed by atoms with E-state index in [9.17, 15) is 9.18 Å². The van der Waals surface area contributed by atoms with Crippen LogP contribution in [-0.2, 0) is 16.1 Å². The van der Waals surface area contributed by atoms with Crippen molar-refractivity contribution in [3.63, 3.8) is 0 Å². The number of nitriles is 1. The zero-order valence-electron chi connectivity index (χ0n) is 14.1. The van der Waals surface area contributed by atoms with Crippen molar-refractivity contribution in [2.45, 2.75) is 25.6 Å². The van der Waals surface area contributed by atoms with Crippen LogP contribution in [0.3, 0.4) is 0 Å². The second-order valence-electron chi connectivity index (χ2n) is 5.97. The summed E-state index contributed by atoms with van der Waals surface area (Å²) in [6.07, 6.45) is 2.09. The molecule has 6 heteroatoms. The molecule has 1 atom stereocenters. The lowest BCUT2D eigenvalue weighted by Crippen LogP contribution is -2.16. The van der Waals surface area contributed by atoms with Crippen molar-refractivity contribution < 1.29 is 23.4 Å². The minimum Gasteiger partial charge on any atom is -0.491 e. The highest BCUT2D eigenvalue weighted by atomic mass is 19.1. The Kier molecular flexibility index (Phi) is 5.82. The lowest BCUT2D eigenvalue weighted by Gasteiger charge is -2.12. The zero-order valence-corrected chi connectivity index (χ0v) is 14.1. The molecule has 0 amide bonds. The quantitative estimate of drug-likeness (QED) is 0.741. The van der Waals surface area contributed by atoms with Gasteiger partial charge in [-0.2, -0.15) is 5.26 Å². The van der Waals surface area contributed by atoms with Crippen molar-refractivity contribution in [3.05, 3.63) is 65.0 Å². The molecule has 2 aromatic rings. The highest BCUT2D eigenvalue weighted by Crippen LogP contribution is 2.18. The van der Waals surface area contributed by atoms with Crippen molar-refractivity contribution in [2.75, 3.05) is 13.2 Å². The fourth-order valence-electron chi connectivity index (χ4n) is 2.64. The van der Waals surface area contributed by atoms with Gasteiger partial charge in [-0.15, -0.1) is 0 Å². The number of ether oxygens (including phenoxy) is 3. The van der Waals surface area contributed by atoms with E-state index in [-0.39, 0.29) is 23.8 Å². The molecule has 1 aliphatic heterocycles. The fraction of sp³-hybridized carbons (Fsp3) is 0.300. The number of nitrogens with zero attached hydrogens (tertiary/aromatic N) is 1. The van der Waals surface area contributed by atoms with Crippen molar-refractivity contribution in [1.29, 1.82) is 5.26 Å². The number of hydrogen-bond donors (Lipinski definition) is 0. The number of esters is 1. The standard InChI is InChI=1S/C20H18FNO4/c21-19-9-14(11-22)6-7-16(19)12-26-20(23)15-3-1-4-17(10-15)25-13-18-5-2-8-24-18/h1,3-4,6-7,9-10,18H,2,5,8,12-13H2/t18-/m1/s1. The first-order chi connectivity index (χ1) is 12.7. The highest BCUT2D eigenvalue weighted by molar-refractivity contribution is 5.89. The van der Waals surface area contributed by atoms with E-state index in [4.69, 9.17) is 19.5 Å². The molecule has 0 N–H and O–H groups in total. The smallest absolute Gasteiger partial charge is 0.338 e. The molecule has 1 fully saturated rings. The number of carbonyl (C=O) groups excluding carboxylic acids is 1. The van der Waals surface area contributed by atoms with Crippen molar-refractivity contribution in [2.24, 2.45) is 0 Å². The van der Waals surface area contributed by atoms with Crippen LogP contribution in [0, 0.1) is 17.1 Å². The molecule has 0 aromatic heterocycles. The van der Waals surface area contributed by atoms with Crippen LogP contribution in [0.25, 0.3) is 0 Å². The molecule has 5 nitrogen and oxygen atoms in total. The third-order valence-electron chi connectivity index (χ3n) is 4.07. The Morgan fingerprint density at radius 1 is 1.31 bits per heavy atom. The van der Waals surface area contributed by atoms with Gasteiger partial charge in [-0.25, -0.2) is 9.18 Å². The summed E-state index contributed by atoms with van der Waals surface area (Å²) in [5.74, 6) is -0.596. The summed E-state index contributed by atoms with van der Waals surface area (Å²) < 4.78 is 30.1. The van der Waals surface area contributed by atoms with Gasteiger partial charge in [0.05, 0.1) is 23.3 Å². The van der Waals surface area contributed by atoms with Crippen LogP contribution in [0.5, 0.6) is 5.75 Å². The summed E-state index contributed by atoms with van der Waals surface area (Å²) in [6, 6.07) is 12.5. The molecule has 3 rings (SSSR count). The average Bonchev–Trinajstić information content (AvgIpc) is 3.19. The fourth-order valence-corrected chi connectivity index (χ4v) is 2.64. The predicted octanol–water partition coefficient (Wildman–Crippen LogP) is 3.61. The third kappa shape index (κ3) is 4.58. The molecule has 0 saturated carbocycles. The Morgan fingerprint density at radius 2 is 2.19 bits per heavy atom. The summed E-state index contributed by atoms with van der Waals surface area (Å²) >= 11 is 0. The Balaban J connectivity index is 1.57. The molecule has 2 aromatic carbocycles. The normalized spacial score (nSPS) is 16.1. The molecule has 1 saturated heterocycles. The molecule has 1 aliphatic rings. The monoisotopic (exact) mass is 355 g/mol. The summed E-state index contributed by atoms with van der Waals surface area (Å²) in [5.41, 5.74) is 0.751. The van der Waals surface area contributed by atoms with Gasteiger partial charge in [0.15, 0.2) is 0 Å². The number of hydrogen-bond acceptors (Lipinski definition) is 5. The van der Waals surface area contributed by atoms with Crippen LogP contribution in [0.4, 0.5) is 4.39 Å². The Morgan fingerprint density at radius 3 is 2.92 bits per heavy atom. The maximum Gasteiger partial charge on any atom is 0.338 e. The minimum atomic E-state index is -0.578. The Labute approximate surface area is 150 Å². The largest absolute Gasteiger partial charge is 0.491 e. The van der Waals surface area contributed by atoms with E-state index in [1.165, 1.54) is 12.1 Å². The molecule has 0 radical (unpaired) electrons. The maximum atomic E-state index is 13.8. The zero-order chi connectivity index (χ0) is 18.4. The average molecular weight is 355 g/mol. The summed E-state index contributed by atoms with van der Waals surface area (Å²) in [5, 5.41) is 8.74. The lowest BCUT2D eigenvalue weighted by molar-refractivity contribution is 0.0467. The molecule has 0 bridgehead atoms. The topological polar surface area (TPSA) is 68.5 Å². The van der Waals surface area contributed by atoms with E-state index in [2.05, 4.69) is 0 Å². The molecule has 0 unspecified atom stereocenters. The van der Waals surface area contributed by atoms with Gasteiger partial charge in [0.2, 0.25) is 0 Å². The molecule has 26 heavy (non-hydrogen) atoms. The van der Waals surface area contributed by atoms with Crippen molar-refractivity contribution in [3.8, 4) is 11.8 Å². The molecular weight excluding hydrogens is 337 g/mol. The van der Waals surface area contributed by atoms with Crippen LogP contribution >= 0.6 is 0 Å². The molecule has 1 heterocycles. The van der Waals surface area contributed by atoms with E-state index in [1.54, 1.807) is 24.3 Å². The lowest BCUT2D eigenvalue weighted by atomic mass is 10.1. The molecular formula is C20H18FNO4. The number of benzene rings is 2. The van der Waals surface area contributed by atoms with E-state index < -0.39 is 11.8 Å². The van der Waals surface area contributed by atoms with Gasteiger partial charge >= 0.3 is 5.97 Å². The van der Waals surface area contributed by atoms with Gasteiger partial charge in [-0.1, -0.05) is 12.1 Å². The van der Waals surface area contributed by atoms with Gasteiger partial charge in [0.1, 0.15) is 24.8 Å². The van der Waals surface area contributed by atoms with Gasteiger partial charge < -0.3 is 14.2 Å².